The fourth-order valence-corrected chi connectivity index (χ4v) is 4.86. The Morgan fingerprint density at radius 1 is 1.32 bits per heavy atom. The molecule has 140 valence electrons. The lowest BCUT2D eigenvalue weighted by Crippen LogP contribution is -2.48. The fraction of sp³-hybridized carbons (Fsp3) is 0.895. The van der Waals surface area contributed by atoms with Crippen molar-refractivity contribution in [3.05, 3.63) is 0 Å². The molecule has 1 saturated carbocycles. The molecular weight excluding hydrogens is 319 g/mol. The Hall–Kier alpha value is -1.19. The van der Waals surface area contributed by atoms with Gasteiger partial charge in [-0.05, 0) is 50.1 Å². The second-order valence-corrected chi connectivity index (χ2v) is 8.56. The first kappa shape index (κ1) is 18.6. The highest BCUT2D eigenvalue weighted by Crippen LogP contribution is 2.43. The summed E-state index contributed by atoms with van der Waals surface area (Å²) in [5.41, 5.74) is 0.144. The number of nitrogens with zero attached hydrogens (tertiary/aromatic N) is 3. The predicted molar refractivity (Wildman–Crippen MR) is 94.6 cm³/mol. The van der Waals surface area contributed by atoms with Gasteiger partial charge in [0.15, 0.2) is 0 Å². The van der Waals surface area contributed by atoms with Gasteiger partial charge in [0.1, 0.15) is 12.2 Å². The minimum atomic E-state index is -1.07. The highest BCUT2D eigenvalue weighted by Gasteiger charge is 2.44. The van der Waals surface area contributed by atoms with Crippen LogP contribution in [0.3, 0.4) is 0 Å². The number of halogens is 1. The van der Waals surface area contributed by atoms with Gasteiger partial charge in [0.25, 0.3) is 0 Å². The van der Waals surface area contributed by atoms with E-state index < -0.39 is 12.2 Å². The minimum absolute atomic E-state index is 0.0599. The molecule has 6 heteroatoms. The quantitative estimate of drug-likeness (QED) is 0.823. The third-order valence-corrected chi connectivity index (χ3v) is 6.65. The predicted octanol–water partition coefficient (Wildman–Crippen LogP) is 1.94. The van der Waals surface area contributed by atoms with Crippen LogP contribution in [-0.2, 0) is 4.79 Å². The van der Waals surface area contributed by atoms with E-state index in [2.05, 4.69) is 24.1 Å². The molecule has 3 fully saturated rings. The van der Waals surface area contributed by atoms with Crippen LogP contribution in [0.4, 0.5) is 4.39 Å². The zero-order chi connectivity index (χ0) is 18.0. The summed E-state index contributed by atoms with van der Waals surface area (Å²) in [6.45, 7) is 8.46. The van der Waals surface area contributed by atoms with Crippen molar-refractivity contribution >= 4 is 5.91 Å². The third-order valence-electron chi connectivity index (χ3n) is 6.65. The molecule has 0 aromatic heterocycles. The molecule has 25 heavy (non-hydrogen) atoms. The van der Waals surface area contributed by atoms with Crippen LogP contribution in [0.5, 0.6) is 0 Å². The molecule has 4 atom stereocenters. The van der Waals surface area contributed by atoms with Gasteiger partial charge in [0.05, 0.1) is 19.2 Å². The van der Waals surface area contributed by atoms with Gasteiger partial charge in [-0.15, -0.1) is 0 Å². The van der Waals surface area contributed by atoms with Crippen molar-refractivity contribution in [2.75, 3.05) is 32.7 Å². The summed E-state index contributed by atoms with van der Waals surface area (Å²) in [6, 6.07) is 1.74. The van der Waals surface area contributed by atoms with Gasteiger partial charge in [-0.3, -0.25) is 4.79 Å². The molecule has 0 radical (unpaired) electrons. The molecule has 1 amide bonds. The van der Waals surface area contributed by atoms with Gasteiger partial charge in [0, 0.05) is 19.0 Å². The Kier molecular flexibility index (Phi) is 5.65. The van der Waals surface area contributed by atoms with E-state index in [0.717, 1.165) is 13.0 Å². The molecule has 2 saturated heterocycles. The molecular formula is C19H31FN4O. The van der Waals surface area contributed by atoms with E-state index in [0.29, 0.717) is 12.0 Å². The monoisotopic (exact) mass is 350 g/mol. The number of hydrogen-bond acceptors (Lipinski definition) is 4. The lowest BCUT2D eigenvalue weighted by atomic mass is 9.78. The first-order valence-corrected chi connectivity index (χ1v) is 9.70. The Balaban J connectivity index is 1.51. The van der Waals surface area contributed by atoms with Crippen LogP contribution < -0.4 is 5.32 Å². The first-order valence-electron chi connectivity index (χ1n) is 9.70. The Labute approximate surface area is 150 Å². The van der Waals surface area contributed by atoms with Crippen LogP contribution in [0.1, 0.15) is 46.0 Å². The lowest BCUT2D eigenvalue weighted by Gasteiger charge is -2.36. The van der Waals surface area contributed by atoms with Crippen LogP contribution in [0, 0.1) is 22.7 Å². The van der Waals surface area contributed by atoms with E-state index in [1.165, 1.54) is 37.3 Å². The number of nitrogens with one attached hydrogen (secondary N) is 1. The summed E-state index contributed by atoms with van der Waals surface area (Å²) in [5, 5.41) is 12.5. The standard InChI is InChI=1S/C19H31FN4O/c1-19(2)14(12-23-7-3-4-8-23)5-6-17(19)22-11-18(25)24-13-15(20)9-16(24)10-21/h14-17,22H,3-9,11-13H2,1-2H3/t14-,15+,16+,17-/m1/s1. The van der Waals surface area contributed by atoms with Crippen LogP contribution in [-0.4, -0.2) is 66.7 Å². The lowest BCUT2D eigenvalue weighted by molar-refractivity contribution is -0.130. The smallest absolute Gasteiger partial charge is 0.237 e. The van der Waals surface area contributed by atoms with Crippen molar-refractivity contribution in [3.63, 3.8) is 0 Å². The van der Waals surface area contributed by atoms with E-state index in [1.807, 2.05) is 6.07 Å². The van der Waals surface area contributed by atoms with Gasteiger partial charge in [0.2, 0.25) is 5.91 Å². The molecule has 1 N–H and O–H groups in total. The molecule has 1 aliphatic carbocycles. The second kappa shape index (κ2) is 7.59. The van der Waals surface area contributed by atoms with Crippen LogP contribution in [0.2, 0.25) is 0 Å². The van der Waals surface area contributed by atoms with Crippen LogP contribution >= 0.6 is 0 Å². The molecule has 0 bridgehead atoms. The molecule has 3 aliphatic rings. The maximum atomic E-state index is 13.5. The molecule has 0 aromatic carbocycles. The Bertz CT molecular complexity index is 526. The van der Waals surface area contributed by atoms with Crippen molar-refractivity contribution in [2.24, 2.45) is 11.3 Å². The maximum absolute atomic E-state index is 13.5. The SMILES string of the molecule is CC1(C)[C@@H](CN2CCCC2)CC[C@H]1NCC(=O)N1C[C@@H](F)C[C@H]1C#N. The van der Waals surface area contributed by atoms with Gasteiger partial charge in [-0.2, -0.15) is 5.26 Å². The molecule has 5 nitrogen and oxygen atoms in total. The summed E-state index contributed by atoms with van der Waals surface area (Å²) in [5.74, 6) is 0.498. The first-order chi connectivity index (χ1) is 11.9. The highest BCUT2D eigenvalue weighted by molar-refractivity contribution is 5.79. The normalized spacial score (nSPS) is 35.2. The molecule has 0 spiro atoms. The largest absolute Gasteiger partial charge is 0.323 e. The van der Waals surface area contributed by atoms with Crippen molar-refractivity contribution in [3.8, 4) is 6.07 Å². The number of nitriles is 1. The average molecular weight is 350 g/mol. The van der Waals surface area contributed by atoms with Gasteiger partial charge in [-0.25, -0.2) is 4.39 Å². The molecule has 2 heterocycles. The number of alkyl halides is 1. The van der Waals surface area contributed by atoms with Crippen molar-refractivity contribution in [1.82, 2.24) is 15.1 Å². The topological polar surface area (TPSA) is 59.4 Å². The van der Waals surface area contributed by atoms with E-state index in [1.54, 1.807) is 0 Å². The Morgan fingerprint density at radius 3 is 2.72 bits per heavy atom. The van der Waals surface area contributed by atoms with E-state index in [-0.39, 0.29) is 30.8 Å². The third kappa shape index (κ3) is 3.98. The number of hydrogen-bond donors (Lipinski definition) is 1. The Morgan fingerprint density at radius 2 is 2.04 bits per heavy atom. The summed E-state index contributed by atoms with van der Waals surface area (Å²) >= 11 is 0. The second-order valence-electron chi connectivity index (χ2n) is 8.56. The van der Waals surface area contributed by atoms with Gasteiger partial charge < -0.3 is 15.1 Å². The number of amides is 1. The highest BCUT2D eigenvalue weighted by atomic mass is 19.1. The summed E-state index contributed by atoms with van der Waals surface area (Å²) < 4.78 is 13.5. The van der Waals surface area contributed by atoms with E-state index >= 15 is 0 Å². The van der Waals surface area contributed by atoms with Crippen molar-refractivity contribution in [1.29, 1.82) is 5.26 Å². The molecule has 2 aliphatic heterocycles. The fourth-order valence-electron chi connectivity index (χ4n) is 4.86. The minimum Gasteiger partial charge on any atom is -0.323 e. The zero-order valence-electron chi connectivity index (χ0n) is 15.5. The van der Waals surface area contributed by atoms with E-state index in [9.17, 15) is 9.18 Å². The number of carbonyl (C=O) groups excluding carboxylic acids is 1. The molecule has 0 aromatic rings. The van der Waals surface area contributed by atoms with Crippen molar-refractivity contribution < 1.29 is 9.18 Å². The summed E-state index contributed by atoms with van der Waals surface area (Å²) in [6.07, 6.45) is 3.97. The maximum Gasteiger partial charge on any atom is 0.237 e. The molecule has 0 unspecified atom stereocenters. The van der Waals surface area contributed by atoms with Crippen molar-refractivity contribution in [2.45, 2.75) is 64.2 Å². The zero-order valence-corrected chi connectivity index (χ0v) is 15.5. The summed E-state index contributed by atoms with van der Waals surface area (Å²) in [7, 11) is 0. The van der Waals surface area contributed by atoms with Crippen LogP contribution in [0.25, 0.3) is 0 Å². The molecule has 3 rings (SSSR count). The summed E-state index contributed by atoms with van der Waals surface area (Å²) in [4.78, 5) is 16.4. The van der Waals surface area contributed by atoms with Crippen LogP contribution in [0.15, 0.2) is 0 Å². The number of carbonyl (C=O) groups is 1. The van der Waals surface area contributed by atoms with E-state index in [4.69, 9.17) is 5.26 Å². The number of likely N-dealkylation sites (tertiary alicyclic amines) is 2. The number of rotatable bonds is 5. The average Bonchev–Trinajstić information content (AvgIpc) is 3.27. The van der Waals surface area contributed by atoms with Gasteiger partial charge >= 0.3 is 0 Å². The van der Waals surface area contributed by atoms with Gasteiger partial charge in [-0.1, -0.05) is 13.8 Å².